The van der Waals surface area contributed by atoms with Crippen LogP contribution >= 0.6 is 11.6 Å². The molecular formula is C27H35ClFN3O4. The van der Waals surface area contributed by atoms with Crippen LogP contribution in [0.1, 0.15) is 92.3 Å². The van der Waals surface area contributed by atoms with E-state index in [1.807, 2.05) is 34.6 Å². The highest BCUT2D eigenvalue weighted by Gasteiger charge is 2.55. The van der Waals surface area contributed by atoms with E-state index in [2.05, 4.69) is 0 Å². The average Bonchev–Trinajstić information content (AvgIpc) is 3.13. The molecule has 2 aromatic rings. The second kappa shape index (κ2) is 11.0. The van der Waals surface area contributed by atoms with Crippen molar-refractivity contribution in [3.05, 3.63) is 61.8 Å². The van der Waals surface area contributed by atoms with Crippen LogP contribution in [0.15, 0.2) is 23.0 Å². The lowest BCUT2D eigenvalue weighted by Gasteiger charge is -2.46. The van der Waals surface area contributed by atoms with Crippen molar-refractivity contribution in [3.8, 4) is 5.75 Å². The molecule has 1 fully saturated rings. The van der Waals surface area contributed by atoms with Crippen LogP contribution in [0.3, 0.4) is 0 Å². The summed E-state index contributed by atoms with van der Waals surface area (Å²) < 4.78 is 14.9. The summed E-state index contributed by atoms with van der Waals surface area (Å²) in [6.07, 6.45) is 3.30. The molecule has 1 aliphatic carbocycles. The summed E-state index contributed by atoms with van der Waals surface area (Å²) in [6.45, 7) is 10.9. The van der Waals surface area contributed by atoms with Crippen LogP contribution in [0.2, 0.25) is 5.02 Å². The Labute approximate surface area is 216 Å². The molecule has 3 heterocycles. The lowest BCUT2D eigenvalue weighted by molar-refractivity contribution is -0.0162. The highest BCUT2D eigenvalue weighted by Crippen LogP contribution is 2.48. The van der Waals surface area contributed by atoms with Crippen molar-refractivity contribution in [2.24, 2.45) is 0 Å². The van der Waals surface area contributed by atoms with E-state index >= 15 is 0 Å². The third-order valence-electron chi connectivity index (χ3n) is 6.91. The maximum Gasteiger partial charge on any atom is 0.296 e. The Bertz CT molecular complexity index is 1220. The monoisotopic (exact) mass is 519 g/mol. The van der Waals surface area contributed by atoms with Gasteiger partial charge in [0.15, 0.2) is 5.75 Å². The summed E-state index contributed by atoms with van der Waals surface area (Å²) in [6, 6.07) is 4.22. The van der Waals surface area contributed by atoms with Crippen molar-refractivity contribution in [2.45, 2.75) is 78.9 Å². The third-order valence-corrected chi connectivity index (χ3v) is 7.20. The van der Waals surface area contributed by atoms with Crippen molar-refractivity contribution in [1.82, 2.24) is 14.4 Å². The predicted octanol–water partition coefficient (Wildman–Crippen LogP) is 5.30. The first-order valence-corrected chi connectivity index (χ1v) is 13.2. The van der Waals surface area contributed by atoms with E-state index in [1.165, 1.54) is 27.7 Å². The highest BCUT2D eigenvalue weighted by atomic mass is 35.5. The van der Waals surface area contributed by atoms with Gasteiger partial charge in [0.25, 0.3) is 17.4 Å². The second-order valence-electron chi connectivity index (χ2n) is 8.71. The normalized spacial score (nSPS) is 17.0. The minimum Gasteiger partial charge on any atom is -0.502 e. The van der Waals surface area contributed by atoms with Crippen LogP contribution in [-0.4, -0.2) is 44.4 Å². The fourth-order valence-electron chi connectivity index (χ4n) is 5.28. The molecule has 2 aliphatic heterocycles. The number of aromatic hydroxyl groups is 1. The average molecular weight is 520 g/mol. The van der Waals surface area contributed by atoms with Gasteiger partial charge in [-0.25, -0.2) is 4.39 Å². The molecule has 1 N–H and O–H groups in total. The highest BCUT2D eigenvalue weighted by molar-refractivity contribution is 6.30. The molecule has 2 amide bonds. The van der Waals surface area contributed by atoms with Gasteiger partial charge in [-0.05, 0) is 49.8 Å². The fourth-order valence-corrected chi connectivity index (χ4v) is 5.48. The quantitative estimate of drug-likeness (QED) is 0.594. The SMILES string of the molecule is CC.CC.CCCN1C(=O)c2c3c(c(O)c(=O)n2C12CCC2)C(=O)N(Cc1ccc(F)c(Cl)c1)CC3. The van der Waals surface area contributed by atoms with Gasteiger partial charge in [0, 0.05) is 25.2 Å². The molecule has 1 aromatic heterocycles. The molecule has 9 heteroatoms. The molecule has 7 nitrogen and oxygen atoms in total. The molecule has 0 saturated heterocycles. The van der Waals surface area contributed by atoms with E-state index < -0.39 is 28.7 Å². The van der Waals surface area contributed by atoms with Crippen LogP contribution in [-0.2, 0) is 18.6 Å². The summed E-state index contributed by atoms with van der Waals surface area (Å²) in [5, 5.41) is 10.8. The molecule has 1 aromatic carbocycles. The third kappa shape index (κ3) is 4.19. The van der Waals surface area contributed by atoms with Gasteiger partial charge in [-0.1, -0.05) is 52.3 Å². The Kier molecular flexibility index (Phi) is 8.49. The topological polar surface area (TPSA) is 82.9 Å². The van der Waals surface area contributed by atoms with Crippen molar-refractivity contribution in [1.29, 1.82) is 0 Å². The number of amides is 2. The number of hydrogen-bond donors (Lipinski definition) is 1. The predicted molar refractivity (Wildman–Crippen MR) is 138 cm³/mol. The summed E-state index contributed by atoms with van der Waals surface area (Å²) in [5.74, 6) is -1.92. The Hall–Kier alpha value is -2.87. The molecule has 3 aliphatic rings. The summed E-state index contributed by atoms with van der Waals surface area (Å²) in [5.41, 5.74) is -0.197. The fraction of sp³-hybridized carbons (Fsp3) is 0.519. The number of rotatable bonds is 4. The minimum atomic E-state index is -0.725. The van der Waals surface area contributed by atoms with Gasteiger partial charge in [0.1, 0.15) is 17.2 Å². The first-order valence-electron chi connectivity index (χ1n) is 12.9. The molecule has 0 atom stereocenters. The summed E-state index contributed by atoms with van der Waals surface area (Å²) in [7, 11) is 0. The minimum absolute atomic E-state index is 0.0429. The summed E-state index contributed by atoms with van der Waals surface area (Å²) in [4.78, 5) is 43.1. The summed E-state index contributed by atoms with van der Waals surface area (Å²) >= 11 is 5.86. The van der Waals surface area contributed by atoms with Crippen LogP contribution in [0.4, 0.5) is 4.39 Å². The van der Waals surface area contributed by atoms with Crippen molar-refractivity contribution in [3.63, 3.8) is 0 Å². The molecule has 36 heavy (non-hydrogen) atoms. The molecule has 1 spiro atoms. The number of hydrogen-bond acceptors (Lipinski definition) is 4. The zero-order chi connectivity index (χ0) is 26.8. The molecule has 0 bridgehead atoms. The first-order chi connectivity index (χ1) is 17.3. The number of nitrogens with zero attached hydrogens (tertiary/aromatic N) is 3. The molecule has 0 radical (unpaired) electrons. The lowest BCUT2D eigenvalue weighted by Crippen LogP contribution is -2.55. The Morgan fingerprint density at radius 2 is 1.75 bits per heavy atom. The van der Waals surface area contributed by atoms with Crippen LogP contribution in [0, 0.1) is 5.82 Å². The van der Waals surface area contributed by atoms with Gasteiger partial charge in [-0.3, -0.25) is 19.0 Å². The van der Waals surface area contributed by atoms with Crippen molar-refractivity contribution in [2.75, 3.05) is 13.1 Å². The number of pyridine rings is 1. The Morgan fingerprint density at radius 1 is 1.08 bits per heavy atom. The maximum atomic E-state index is 13.5. The van der Waals surface area contributed by atoms with Gasteiger partial charge in [0.05, 0.1) is 10.6 Å². The number of benzene rings is 1. The van der Waals surface area contributed by atoms with E-state index in [-0.39, 0.29) is 28.7 Å². The number of aromatic nitrogens is 1. The largest absolute Gasteiger partial charge is 0.502 e. The molecule has 196 valence electrons. The van der Waals surface area contributed by atoms with Gasteiger partial charge in [-0.2, -0.15) is 0 Å². The van der Waals surface area contributed by atoms with Gasteiger partial charge >= 0.3 is 0 Å². The van der Waals surface area contributed by atoms with E-state index in [0.29, 0.717) is 43.5 Å². The van der Waals surface area contributed by atoms with E-state index in [1.54, 1.807) is 4.90 Å². The lowest BCUT2D eigenvalue weighted by atomic mass is 9.83. The van der Waals surface area contributed by atoms with Gasteiger partial charge in [-0.15, -0.1) is 0 Å². The van der Waals surface area contributed by atoms with Gasteiger partial charge in [0.2, 0.25) is 0 Å². The standard InChI is InChI=1S/C23H23ClFN3O4.2C2H6/c1-2-9-27-21(31)18-14-6-10-26(12-13-4-5-16(25)15(24)11-13)20(30)17(14)19(29)22(32)28(18)23(27)7-3-8-23;2*1-2/h4-5,11,29H,2-3,6-10,12H2,1H3;2*1-2H3. The zero-order valence-corrected chi connectivity index (χ0v) is 22.4. The van der Waals surface area contributed by atoms with E-state index in [4.69, 9.17) is 11.6 Å². The molecule has 0 unspecified atom stereocenters. The maximum absolute atomic E-state index is 13.5. The van der Waals surface area contributed by atoms with Crippen molar-refractivity contribution >= 4 is 23.4 Å². The van der Waals surface area contributed by atoms with Crippen LogP contribution in [0.5, 0.6) is 5.75 Å². The Morgan fingerprint density at radius 3 is 2.31 bits per heavy atom. The molecule has 5 rings (SSSR count). The number of carbonyl (C=O) groups excluding carboxylic acids is 2. The van der Waals surface area contributed by atoms with Gasteiger partial charge < -0.3 is 14.9 Å². The van der Waals surface area contributed by atoms with Crippen LogP contribution in [0.25, 0.3) is 0 Å². The molecule has 1 saturated carbocycles. The smallest absolute Gasteiger partial charge is 0.296 e. The zero-order valence-electron chi connectivity index (χ0n) is 21.7. The number of carbonyl (C=O) groups is 2. The van der Waals surface area contributed by atoms with E-state index in [0.717, 1.165) is 12.8 Å². The molecular weight excluding hydrogens is 485 g/mol. The number of fused-ring (bicyclic) bond motifs is 4. The van der Waals surface area contributed by atoms with Crippen molar-refractivity contribution < 1.29 is 19.1 Å². The first kappa shape index (κ1) is 27.7. The van der Waals surface area contributed by atoms with E-state index in [9.17, 15) is 23.9 Å². The second-order valence-corrected chi connectivity index (χ2v) is 9.12. The Balaban J connectivity index is 0.000000861. The number of halogens is 2. The van der Waals surface area contributed by atoms with Crippen LogP contribution < -0.4 is 5.56 Å².